The molecule has 3 rings (SSSR count). The van der Waals surface area contributed by atoms with Crippen LogP contribution in [0.15, 0.2) is 45.5 Å². The van der Waals surface area contributed by atoms with Crippen molar-refractivity contribution in [1.82, 2.24) is 15.0 Å². The predicted molar refractivity (Wildman–Crippen MR) is 91.8 cm³/mol. The topological polar surface area (TPSA) is 73.9 Å². The van der Waals surface area contributed by atoms with Gasteiger partial charge in [0.2, 0.25) is 0 Å². The molecule has 0 atom stereocenters. The molecular weight excluding hydrogens is 316 g/mol. The molecule has 0 unspecified atom stereocenters. The van der Waals surface area contributed by atoms with Gasteiger partial charge in [-0.1, -0.05) is 12.1 Å². The number of hydrogen-bond donors (Lipinski definition) is 2. The largest absolute Gasteiger partial charge is 0.331 e. The smallest absolute Gasteiger partial charge is 0.252 e. The molecule has 0 bridgehead atoms. The van der Waals surface area contributed by atoms with Gasteiger partial charge in [0.1, 0.15) is 0 Å². The number of H-pyrrole nitrogens is 2. The van der Waals surface area contributed by atoms with Crippen molar-refractivity contribution < 1.29 is 0 Å². The van der Waals surface area contributed by atoms with Crippen LogP contribution in [0.1, 0.15) is 10.7 Å². The quantitative estimate of drug-likeness (QED) is 0.570. The van der Waals surface area contributed by atoms with Crippen molar-refractivity contribution in [2.75, 3.05) is 0 Å². The molecule has 0 aliphatic rings. The van der Waals surface area contributed by atoms with Gasteiger partial charge in [-0.3, -0.25) is 14.8 Å². The van der Waals surface area contributed by atoms with Gasteiger partial charge in [0.25, 0.3) is 5.56 Å². The fourth-order valence-electron chi connectivity index (χ4n) is 1.92. The Bertz CT molecular complexity index is 907. The standard InChI is InChI=1S/C15H12N4OS2/c1-9-17-13(8-22-9)10-2-4-11(5-3-10)16-7-12-6-14(20)19-15(21)18-12/h2-8H,1H3,(H2,18,19,20,21). The van der Waals surface area contributed by atoms with Crippen molar-refractivity contribution in [2.45, 2.75) is 6.92 Å². The zero-order valence-electron chi connectivity index (χ0n) is 11.7. The Labute approximate surface area is 135 Å². The predicted octanol–water partition coefficient (Wildman–Crippen LogP) is 3.62. The van der Waals surface area contributed by atoms with E-state index in [9.17, 15) is 4.79 Å². The lowest BCUT2D eigenvalue weighted by Crippen LogP contribution is -2.07. The van der Waals surface area contributed by atoms with E-state index in [1.54, 1.807) is 17.6 Å². The van der Waals surface area contributed by atoms with Gasteiger partial charge in [0.15, 0.2) is 4.77 Å². The summed E-state index contributed by atoms with van der Waals surface area (Å²) in [7, 11) is 0. The number of aliphatic imine (C=N–C) groups is 1. The highest BCUT2D eigenvalue weighted by Crippen LogP contribution is 2.23. The monoisotopic (exact) mass is 328 g/mol. The number of aromatic amines is 2. The highest BCUT2D eigenvalue weighted by Gasteiger charge is 2.01. The maximum atomic E-state index is 11.3. The minimum atomic E-state index is -0.251. The van der Waals surface area contributed by atoms with Crippen LogP contribution in [0.5, 0.6) is 0 Å². The van der Waals surface area contributed by atoms with E-state index in [2.05, 4.69) is 19.9 Å². The lowest BCUT2D eigenvalue weighted by Gasteiger charge is -1.98. The van der Waals surface area contributed by atoms with Crippen LogP contribution in [-0.4, -0.2) is 21.2 Å². The Morgan fingerprint density at radius 3 is 2.68 bits per heavy atom. The second-order valence-corrected chi connectivity index (χ2v) is 6.07. The van der Waals surface area contributed by atoms with E-state index >= 15 is 0 Å². The van der Waals surface area contributed by atoms with Gasteiger partial charge in [0, 0.05) is 17.0 Å². The van der Waals surface area contributed by atoms with E-state index in [0.717, 1.165) is 22.0 Å². The molecule has 110 valence electrons. The molecule has 2 aromatic heterocycles. The summed E-state index contributed by atoms with van der Waals surface area (Å²) in [5, 5.41) is 3.07. The Hall–Kier alpha value is -2.38. The molecule has 0 radical (unpaired) electrons. The summed E-state index contributed by atoms with van der Waals surface area (Å²) in [5.74, 6) is 0. The number of aromatic nitrogens is 3. The first kappa shape index (κ1) is 14.6. The van der Waals surface area contributed by atoms with Gasteiger partial charge in [-0.2, -0.15) is 0 Å². The first-order valence-electron chi connectivity index (χ1n) is 6.50. The van der Waals surface area contributed by atoms with Crippen LogP contribution in [0.3, 0.4) is 0 Å². The van der Waals surface area contributed by atoms with Crippen molar-refractivity contribution in [3.05, 3.63) is 61.5 Å². The highest BCUT2D eigenvalue weighted by atomic mass is 32.1. The molecule has 22 heavy (non-hydrogen) atoms. The van der Waals surface area contributed by atoms with E-state index in [1.807, 2.05) is 36.6 Å². The lowest BCUT2D eigenvalue weighted by molar-refractivity contribution is 1.08. The minimum Gasteiger partial charge on any atom is -0.331 e. The molecule has 7 heteroatoms. The van der Waals surface area contributed by atoms with Crippen LogP contribution in [0.25, 0.3) is 11.3 Å². The molecule has 5 nitrogen and oxygen atoms in total. The fraction of sp³-hybridized carbons (Fsp3) is 0.0667. The van der Waals surface area contributed by atoms with E-state index in [-0.39, 0.29) is 10.3 Å². The van der Waals surface area contributed by atoms with E-state index in [1.165, 1.54) is 6.07 Å². The zero-order chi connectivity index (χ0) is 15.5. The van der Waals surface area contributed by atoms with Crippen LogP contribution in [-0.2, 0) is 0 Å². The van der Waals surface area contributed by atoms with Crippen molar-refractivity contribution in [3.63, 3.8) is 0 Å². The van der Waals surface area contributed by atoms with Crippen LogP contribution < -0.4 is 5.56 Å². The third-order valence-corrected chi connectivity index (χ3v) is 3.89. The summed E-state index contributed by atoms with van der Waals surface area (Å²) in [6, 6.07) is 9.17. The number of thiazole rings is 1. The maximum Gasteiger partial charge on any atom is 0.252 e. The average Bonchev–Trinajstić information content (AvgIpc) is 2.91. The van der Waals surface area contributed by atoms with Gasteiger partial charge in [-0.25, -0.2) is 4.98 Å². The van der Waals surface area contributed by atoms with Gasteiger partial charge < -0.3 is 4.98 Å². The molecule has 1 aromatic carbocycles. The average molecular weight is 328 g/mol. The Morgan fingerprint density at radius 2 is 2.05 bits per heavy atom. The molecular formula is C15H12N4OS2. The maximum absolute atomic E-state index is 11.3. The summed E-state index contributed by atoms with van der Waals surface area (Å²) in [5.41, 5.74) is 3.12. The summed E-state index contributed by atoms with van der Waals surface area (Å²) >= 11 is 6.54. The number of benzene rings is 1. The molecule has 0 saturated carbocycles. The van der Waals surface area contributed by atoms with E-state index < -0.39 is 0 Å². The van der Waals surface area contributed by atoms with Gasteiger partial charge >= 0.3 is 0 Å². The molecule has 0 saturated heterocycles. The summed E-state index contributed by atoms with van der Waals surface area (Å²) in [4.78, 5) is 25.4. The molecule has 2 N–H and O–H groups in total. The van der Waals surface area contributed by atoms with Gasteiger partial charge in [-0.05, 0) is 31.3 Å². The van der Waals surface area contributed by atoms with Crippen molar-refractivity contribution in [3.8, 4) is 11.3 Å². The number of nitrogens with zero attached hydrogens (tertiary/aromatic N) is 2. The second-order valence-electron chi connectivity index (χ2n) is 4.60. The highest BCUT2D eigenvalue weighted by molar-refractivity contribution is 7.71. The summed E-state index contributed by atoms with van der Waals surface area (Å²) in [6.45, 7) is 1.98. The Balaban J connectivity index is 1.82. The Kier molecular flexibility index (Phi) is 4.08. The van der Waals surface area contributed by atoms with Crippen LogP contribution in [0, 0.1) is 11.7 Å². The van der Waals surface area contributed by atoms with Gasteiger partial charge in [0.05, 0.1) is 28.3 Å². The fourth-order valence-corrected chi connectivity index (χ4v) is 2.76. The number of hydrogen-bond acceptors (Lipinski definition) is 5. The van der Waals surface area contributed by atoms with Crippen molar-refractivity contribution in [1.29, 1.82) is 0 Å². The SMILES string of the molecule is Cc1nc(-c2ccc(N=Cc3cc(=O)[nH]c(=S)[nH]3)cc2)cs1. The molecule has 0 fully saturated rings. The second kappa shape index (κ2) is 6.17. The van der Waals surface area contributed by atoms with Crippen LogP contribution >= 0.6 is 23.6 Å². The van der Waals surface area contributed by atoms with Crippen LogP contribution in [0.2, 0.25) is 0 Å². The normalized spacial score (nSPS) is 11.1. The lowest BCUT2D eigenvalue weighted by atomic mass is 10.1. The molecule has 3 aromatic rings. The molecule has 0 aliphatic carbocycles. The van der Waals surface area contributed by atoms with Crippen LogP contribution in [0.4, 0.5) is 5.69 Å². The first-order valence-corrected chi connectivity index (χ1v) is 7.79. The first-order chi connectivity index (χ1) is 10.6. The third kappa shape index (κ3) is 3.44. The Morgan fingerprint density at radius 1 is 1.27 bits per heavy atom. The molecule has 0 spiro atoms. The number of aryl methyl sites for hydroxylation is 1. The molecule has 0 amide bonds. The molecule has 2 heterocycles. The summed E-state index contributed by atoms with van der Waals surface area (Å²) in [6.07, 6.45) is 1.58. The third-order valence-electron chi connectivity index (χ3n) is 2.92. The number of rotatable bonds is 3. The van der Waals surface area contributed by atoms with Crippen molar-refractivity contribution in [2.24, 2.45) is 4.99 Å². The number of nitrogens with one attached hydrogen (secondary N) is 2. The van der Waals surface area contributed by atoms with E-state index in [0.29, 0.717) is 5.69 Å². The van der Waals surface area contributed by atoms with E-state index in [4.69, 9.17) is 12.2 Å². The molecule has 0 aliphatic heterocycles. The van der Waals surface area contributed by atoms with Gasteiger partial charge in [-0.15, -0.1) is 11.3 Å². The van der Waals surface area contributed by atoms with Crippen molar-refractivity contribution >= 4 is 35.5 Å². The minimum absolute atomic E-state index is 0.251. The summed E-state index contributed by atoms with van der Waals surface area (Å²) < 4.78 is 0.281. The zero-order valence-corrected chi connectivity index (χ0v) is 13.3.